The van der Waals surface area contributed by atoms with E-state index in [1.807, 2.05) is 0 Å². The fourth-order valence-electron chi connectivity index (χ4n) is 2.26. The third-order valence-corrected chi connectivity index (χ3v) is 3.35. The number of nitrogens with zero attached hydrogens (tertiary/aromatic N) is 1. The van der Waals surface area contributed by atoms with Gasteiger partial charge in [-0.2, -0.15) is 13.2 Å². The number of carbonyl (C=O) groups is 3. The molecule has 0 bridgehead atoms. The molecule has 0 aromatic heterocycles. The van der Waals surface area contributed by atoms with E-state index >= 15 is 0 Å². The molecule has 0 spiro atoms. The molecule has 5 nitrogen and oxygen atoms in total. The lowest BCUT2D eigenvalue weighted by Crippen LogP contribution is -2.37. The van der Waals surface area contributed by atoms with Crippen LogP contribution in [0.3, 0.4) is 0 Å². The van der Waals surface area contributed by atoms with Gasteiger partial charge in [0, 0.05) is 25.1 Å². The average Bonchev–Trinajstić information content (AvgIpc) is 2.85. The fourth-order valence-corrected chi connectivity index (χ4v) is 2.26. The molecule has 118 valence electrons. The first-order valence-electron chi connectivity index (χ1n) is 6.41. The Morgan fingerprint density at radius 1 is 1.09 bits per heavy atom. The van der Waals surface area contributed by atoms with E-state index in [4.69, 9.17) is 5.11 Å². The molecular weight excluding hydrogens is 303 g/mol. The van der Waals surface area contributed by atoms with Crippen LogP contribution in [0.15, 0.2) is 18.2 Å². The summed E-state index contributed by atoms with van der Waals surface area (Å²) in [4.78, 5) is 34.1. The first-order valence-corrected chi connectivity index (χ1v) is 6.41. The molecule has 0 radical (unpaired) electrons. The van der Waals surface area contributed by atoms with Gasteiger partial charge in [0.25, 0.3) is 0 Å². The Labute approximate surface area is 123 Å². The molecule has 0 aliphatic carbocycles. The Hall–Kier alpha value is -2.38. The molecule has 0 saturated heterocycles. The number of amides is 1. The molecule has 1 heterocycles. The lowest BCUT2D eigenvalue weighted by molar-refractivity contribution is -0.186. The fraction of sp³-hybridized carbons (Fsp3) is 0.357. The summed E-state index contributed by atoms with van der Waals surface area (Å²) in [6.07, 6.45) is -5.42. The number of ketones is 1. The topological polar surface area (TPSA) is 74.7 Å². The monoisotopic (exact) mass is 315 g/mol. The second-order valence-corrected chi connectivity index (χ2v) is 4.96. The van der Waals surface area contributed by atoms with Crippen molar-refractivity contribution in [3.63, 3.8) is 0 Å². The molecule has 0 atom stereocenters. The van der Waals surface area contributed by atoms with Gasteiger partial charge < -0.3 is 10.0 Å². The van der Waals surface area contributed by atoms with E-state index in [0.717, 1.165) is 0 Å². The van der Waals surface area contributed by atoms with Crippen LogP contribution in [-0.4, -0.2) is 33.8 Å². The van der Waals surface area contributed by atoms with E-state index in [0.29, 0.717) is 16.0 Å². The predicted octanol–water partition coefficient (Wildman–Crippen LogP) is 2.14. The summed E-state index contributed by atoms with van der Waals surface area (Å²) in [5, 5.41) is 8.53. The summed E-state index contributed by atoms with van der Waals surface area (Å²) in [5.74, 6) is -3.41. The lowest BCUT2D eigenvalue weighted by atomic mass is 10.0. The van der Waals surface area contributed by atoms with Crippen LogP contribution in [0.5, 0.6) is 0 Å². The van der Waals surface area contributed by atoms with Crippen LogP contribution in [0.25, 0.3) is 0 Å². The molecule has 2 rings (SSSR count). The van der Waals surface area contributed by atoms with Gasteiger partial charge in [0.2, 0.25) is 0 Å². The highest BCUT2D eigenvalue weighted by Crippen LogP contribution is 2.28. The molecule has 8 heteroatoms. The largest absolute Gasteiger partial charge is 0.481 e. The van der Waals surface area contributed by atoms with Crippen molar-refractivity contribution >= 4 is 17.7 Å². The van der Waals surface area contributed by atoms with Gasteiger partial charge in [0.05, 0.1) is 6.42 Å². The summed E-state index contributed by atoms with van der Waals surface area (Å²) >= 11 is 0. The standard InChI is InChI=1S/C14H12F3NO4/c15-14(16,17)13(22)18-6-9-2-1-8(5-10(9)7-18)11(19)3-4-12(20)21/h1-2,5H,3-4,6-7H2,(H,20,21). The SMILES string of the molecule is O=C(O)CCC(=O)c1ccc2c(c1)CN(C(=O)C(F)(F)F)C2. The van der Waals surface area contributed by atoms with Gasteiger partial charge in [-0.15, -0.1) is 0 Å². The maximum atomic E-state index is 12.4. The van der Waals surface area contributed by atoms with Gasteiger partial charge in [0.1, 0.15) is 0 Å². The van der Waals surface area contributed by atoms with Crippen LogP contribution in [0.4, 0.5) is 13.2 Å². The molecule has 1 amide bonds. The van der Waals surface area contributed by atoms with Crippen molar-refractivity contribution in [1.82, 2.24) is 4.90 Å². The number of carboxylic acid groups (broad SMARTS) is 1. The zero-order chi connectivity index (χ0) is 16.5. The first-order chi connectivity index (χ1) is 10.2. The quantitative estimate of drug-likeness (QED) is 0.864. The molecular formula is C14H12F3NO4. The van der Waals surface area contributed by atoms with Gasteiger partial charge in [-0.25, -0.2) is 0 Å². The maximum absolute atomic E-state index is 12.4. The number of Topliss-reactive ketones (excluding diaryl/α,β-unsaturated/α-hetero) is 1. The molecule has 1 aliphatic rings. The van der Waals surface area contributed by atoms with E-state index in [1.54, 1.807) is 0 Å². The van der Waals surface area contributed by atoms with Crippen molar-refractivity contribution in [3.05, 3.63) is 34.9 Å². The van der Waals surface area contributed by atoms with E-state index in [2.05, 4.69) is 0 Å². The Morgan fingerprint density at radius 3 is 2.32 bits per heavy atom. The summed E-state index contributed by atoms with van der Waals surface area (Å²) in [5.41, 5.74) is 1.26. The molecule has 1 aromatic carbocycles. The number of carboxylic acids is 1. The number of halogens is 3. The first kappa shape index (κ1) is 16.0. The van der Waals surface area contributed by atoms with Crippen LogP contribution in [-0.2, 0) is 22.7 Å². The van der Waals surface area contributed by atoms with Crippen LogP contribution in [0.2, 0.25) is 0 Å². The second kappa shape index (κ2) is 5.78. The van der Waals surface area contributed by atoms with Crippen molar-refractivity contribution in [2.75, 3.05) is 0 Å². The Bertz CT molecular complexity index is 639. The second-order valence-electron chi connectivity index (χ2n) is 4.96. The van der Waals surface area contributed by atoms with Gasteiger partial charge in [0.15, 0.2) is 5.78 Å². The predicted molar refractivity (Wildman–Crippen MR) is 68.0 cm³/mol. The van der Waals surface area contributed by atoms with E-state index < -0.39 is 23.8 Å². The number of hydrogen-bond donors (Lipinski definition) is 1. The Balaban J connectivity index is 2.11. The van der Waals surface area contributed by atoms with Crippen LogP contribution in [0.1, 0.15) is 34.3 Å². The van der Waals surface area contributed by atoms with Gasteiger partial charge >= 0.3 is 18.1 Å². The Kier molecular flexibility index (Phi) is 4.20. The smallest absolute Gasteiger partial charge is 0.471 e. The lowest BCUT2D eigenvalue weighted by Gasteiger charge is -2.16. The van der Waals surface area contributed by atoms with E-state index in [9.17, 15) is 27.6 Å². The highest BCUT2D eigenvalue weighted by molar-refractivity contribution is 5.97. The molecule has 22 heavy (non-hydrogen) atoms. The number of carbonyl (C=O) groups excluding carboxylic acids is 2. The molecule has 1 N–H and O–H groups in total. The van der Waals surface area contributed by atoms with Crippen LogP contribution in [0, 0.1) is 0 Å². The van der Waals surface area contributed by atoms with E-state index in [-0.39, 0.29) is 31.5 Å². The molecule has 1 aliphatic heterocycles. The molecule has 1 aromatic rings. The third-order valence-electron chi connectivity index (χ3n) is 3.35. The van der Waals surface area contributed by atoms with Crippen molar-refractivity contribution < 1.29 is 32.7 Å². The molecule has 0 saturated carbocycles. The summed E-state index contributed by atoms with van der Waals surface area (Å²) in [6.45, 7) is -0.370. The number of hydrogen-bond acceptors (Lipinski definition) is 3. The Morgan fingerprint density at radius 2 is 1.73 bits per heavy atom. The summed E-state index contributed by atoms with van der Waals surface area (Å²) in [7, 11) is 0. The van der Waals surface area contributed by atoms with Crippen molar-refractivity contribution in [3.8, 4) is 0 Å². The maximum Gasteiger partial charge on any atom is 0.471 e. The minimum absolute atomic E-state index is 0.155. The minimum Gasteiger partial charge on any atom is -0.481 e. The number of aliphatic carboxylic acids is 1. The van der Waals surface area contributed by atoms with Crippen molar-refractivity contribution in [1.29, 1.82) is 0 Å². The van der Waals surface area contributed by atoms with Crippen molar-refractivity contribution in [2.24, 2.45) is 0 Å². The number of alkyl halides is 3. The summed E-state index contributed by atoms with van der Waals surface area (Å²) < 4.78 is 37.2. The number of benzene rings is 1. The van der Waals surface area contributed by atoms with Gasteiger partial charge in [-0.05, 0) is 17.2 Å². The highest BCUT2D eigenvalue weighted by Gasteiger charge is 2.44. The normalized spacial score (nSPS) is 13.9. The van der Waals surface area contributed by atoms with Crippen LogP contribution >= 0.6 is 0 Å². The summed E-state index contributed by atoms with van der Waals surface area (Å²) in [6, 6.07) is 4.35. The van der Waals surface area contributed by atoms with Gasteiger partial charge in [-0.1, -0.05) is 12.1 Å². The average molecular weight is 315 g/mol. The number of rotatable bonds is 4. The van der Waals surface area contributed by atoms with E-state index in [1.165, 1.54) is 18.2 Å². The van der Waals surface area contributed by atoms with Crippen molar-refractivity contribution in [2.45, 2.75) is 32.1 Å². The molecule has 0 unspecified atom stereocenters. The van der Waals surface area contributed by atoms with Crippen LogP contribution < -0.4 is 0 Å². The zero-order valence-corrected chi connectivity index (χ0v) is 11.3. The third kappa shape index (κ3) is 3.44. The highest BCUT2D eigenvalue weighted by atomic mass is 19.4. The van der Waals surface area contributed by atoms with Gasteiger partial charge in [-0.3, -0.25) is 14.4 Å². The minimum atomic E-state index is -4.93. The molecule has 0 fully saturated rings. The number of fused-ring (bicyclic) bond motifs is 1. The zero-order valence-electron chi connectivity index (χ0n) is 11.3.